The number of H-pyrrole nitrogens is 1. The molecule has 0 unspecified atom stereocenters. The minimum Gasteiger partial charge on any atom is -0.360 e. The predicted molar refractivity (Wildman–Crippen MR) is 126 cm³/mol. The number of hydrogen-bond donors (Lipinski definition) is 3. The monoisotopic (exact) mass is 437 g/mol. The fraction of sp³-hybridized carbons (Fsp3) is 0.154. The number of aromatic nitrogens is 2. The molecule has 0 spiro atoms. The van der Waals surface area contributed by atoms with Crippen LogP contribution in [0.4, 0.5) is 0 Å². The van der Waals surface area contributed by atoms with E-state index in [9.17, 15) is 14.9 Å². The van der Waals surface area contributed by atoms with Crippen LogP contribution in [0.3, 0.4) is 0 Å². The molecule has 2 aromatic heterocycles. The number of benzene rings is 2. The molecule has 2 heterocycles. The third-order valence-electron chi connectivity index (χ3n) is 5.38. The average molecular weight is 438 g/mol. The van der Waals surface area contributed by atoms with Crippen molar-refractivity contribution in [2.45, 2.75) is 19.9 Å². The van der Waals surface area contributed by atoms with E-state index in [0.717, 1.165) is 33.3 Å². The Labute approximate surface area is 191 Å². The molecule has 4 rings (SSSR count). The SMILES string of the molecule is CC(=O)NCc1cc(-c2ccc(C(=O)NCCc3ccc4[nH]cc(C#N)c4c3)cc2)ccn1. The highest BCUT2D eigenvalue weighted by atomic mass is 16.2. The van der Waals surface area contributed by atoms with E-state index in [4.69, 9.17) is 0 Å². The molecule has 4 aromatic rings. The second-order valence-electron chi connectivity index (χ2n) is 7.72. The number of nitrogens with zero attached hydrogens (tertiary/aromatic N) is 2. The Kier molecular flexibility index (Phi) is 6.46. The molecule has 0 saturated carbocycles. The summed E-state index contributed by atoms with van der Waals surface area (Å²) in [5.41, 5.74) is 5.88. The first-order valence-electron chi connectivity index (χ1n) is 10.6. The quantitative estimate of drug-likeness (QED) is 0.409. The van der Waals surface area contributed by atoms with Crippen molar-refractivity contribution in [2.75, 3.05) is 6.54 Å². The van der Waals surface area contributed by atoms with Crippen molar-refractivity contribution < 1.29 is 9.59 Å². The van der Waals surface area contributed by atoms with Gasteiger partial charge in [0, 0.05) is 42.3 Å². The number of carbonyl (C=O) groups excluding carboxylic acids is 2. The lowest BCUT2D eigenvalue weighted by atomic mass is 10.0. The molecular formula is C26H23N5O2. The summed E-state index contributed by atoms with van der Waals surface area (Å²) in [6, 6.07) is 19.3. The van der Waals surface area contributed by atoms with Crippen LogP contribution in [0.25, 0.3) is 22.0 Å². The van der Waals surface area contributed by atoms with Crippen LogP contribution in [-0.4, -0.2) is 28.3 Å². The van der Waals surface area contributed by atoms with Crippen LogP contribution in [0.1, 0.15) is 34.1 Å². The molecule has 0 bridgehead atoms. The van der Waals surface area contributed by atoms with Crippen LogP contribution >= 0.6 is 0 Å². The van der Waals surface area contributed by atoms with E-state index < -0.39 is 0 Å². The number of hydrogen-bond acceptors (Lipinski definition) is 4. The fourth-order valence-electron chi connectivity index (χ4n) is 3.62. The van der Waals surface area contributed by atoms with Gasteiger partial charge in [0.2, 0.25) is 5.91 Å². The third-order valence-corrected chi connectivity index (χ3v) is 5.38. The summed E-state index contributed by atoms with van der Waals surface area (Å²) in [6.45, 7) is 2.34. The standard InChI is InChI=1S/C26H23N5O2/c1-17(32)30-16-23-13-21(9-11-28-23)19-3-5-20(6-4-19)26(33)29-10-8-18-2-7-25-24(12-18)22(14-27)15-31-25/h2-7,9,11-13,15,31H,8,10,16H2,1H3,(H,29,33)(H,30,32). The second-order valence-corrected chi connectivity index (χ2v) is 7.72. The molecule has 0 atom stereocenters. The molecule has 164 valence electrons. The molecule has 0 fully saturated rings. The summed E-state index contributed by atoms with van der Waals surface area (Å²) < 4.78 is 0. The van der Waals surface area contributed by atoms with Crippen LogP contribution < -0.4 is 10.6 Å². The van der Waals surface area contributed by atoms with Gasteiger partial charge < -0.3 is 15.6 Å². The first-order chi connectivity index (χ1) is 16.0. The Morgan fingerprint density at radius 3 is 2.61 bits per heavy atom. The molecule has 0 aliphatic rings. The van der Waals surface area contributed by atoms with Gasteiger partial charge in [0.15, 0.2) is 0 Å². The van der Waals surface area contributed by atoms with Crippen molar-refractivity contribution in [3.63, 3.8) is 0 Å². The largest absolute Gasteiger partial charge is 0.360 e. The highest BCUT2D eigenvalue weighted by Crippen LogP contribution is 2.21. The zero-order valence-electron chi connectivity index (χ0n) is 18.2. The first kappa shape index (κ1) is 21.8. The highest BCUT2D eigenvalue weighted by Gasteiger charge is 2.08. The maximum absolute atomic E-state index is 12.5. The number of nitriles is 1. The zero-order chi connectivity index (χ0) is 23.2. The van der Waals surface area contributed by atoms with E-state index in [1.54, 1.807) is 24.5 Å². The minimum absolute atomic E-state index is 0.102. The van der Waals surface area contributed by atoms with Crippen LogP contribution in [0, 0.1) is 11.3 Å². The predicted octanol–water partition coefficient (Wildman–Crippen LogP) is 3.71. The normalized spacial score (nSPS) is 10.5. The first-order valence-corrected chi connectivity index (χ1v) is 10.6. The number of fused-ring (bicyclic) bond motifs is 1. The lowest BCUT2D eigenvalue weighted by molar-refractivity contribution is -0.119. The topological polar surface area (TPSA) is 111 Å². The molecule has 0 aliphatic carbocycles. The summed E-state index contributed by atoms with van der Waals surface area (Å²) >= 11 is 0. The van der Waals surface area contributed by atoms with Crippen molar-refractivity contribution in [3.05, 3.63) is 89.4 Å². The zero-order valence-corrected chi connectivity index (χ0v) is 18.2. The molecule has 0 saturated heterocycles. The van der Waals surface area contributed by atoms with Crippen molar-refractivity contribution in [3.8, 4) is 17.2 Å². The Balaban J connectivity index is 1.35. The van der Waals surface area contributed by atoms with Crippen LogP contribution in [0.5, 0.6) is 0 Å². The van der Waals surface area contributed by atoms with E-state index in [0.29, 0.717) is 30.6 Å². The summed E-state index contributed by atoms with van der Waals surface area (Å²) in [4.78, 5) is 31.0. The van der Waals surface area contributed by atoms with Gasteiger partial charge >= 0.3 is 0 Å². The van der Waals surface area contributed by atoms with Crippen molar-refractivity contribution in [2.24, 2.45) is 0 Å². The summed E-state index contributed by atoms with van der Waals surface area (Å²) in [5, 5.41) is 15.8. The Hall–Kier alpha value is -4.44. The minimum atomic E-state index is -0.136. The van der Waals surface area contributed by atoms with Crippen molar-refractivity contribution in [1.82, 2.24) is 20.6 Å². The summed E-state index contributed by atoms with van der Waals surface area (Å²) in [7, 11) is 0. The molecule has 0 radical (unpaired) electrons. The van der Waals surface area contributed by atoms with Crippen molar-refractivity contribution >= 4 is 22.7 Å². The number of amides is 2. The van der Waals surface area contributed by atoms with Gasteiger partial charge in [0.05, 0.1) is 17.8 Å². The van der Waals surface area contributed by atoms with Gasteiger partial charge in [0.1, 0.15) is 6.07 Å². The van der Waals surface area contributed by atoms with Gasteiger partial charge in [-0.15, -0.1) is 0 Å². The Morgan fingerprint density at radius 1 is 1.03 bits per heavy atom. The van der Waals surface area contributed by atoms with Gasteiger partial charge in [-0.1, -0.05) is 18.2 Å². The molecule has 3 N–H and O–H groups in total. The molecule has 7 heteroatoms. The molecule has 2 amide bonds. The van der Waals surface area contributed by atoms with E-state index in [2.05, 4.69) is 26.7 Å². The number of aromatic amines is 1. The molecular weight excluding hydrogens is 414 g/mol. The Morgan fingerprint density at radius 2 is 1.85 bits per heavy atom. The maximum atomic E-state index is 12.5. The molecule has 7 nitrogen and oxygen atoms in total. The number of carbonyl (C=O) groups is 2. The molecule has 2 aromatic carbocycles. The van der Waals surface area contributed by atoms with Crippen LogP contribution in [-0.2, 0) is 17.8 Å². The second kappa shape index (κ2) is 9.79. The average Bonchev–Trinajstić information content (AvgIpc) is 3.25. The lowest BCUT2D eigenvalue weighted by Gasteiger charge is -2.08. The van der Waals surface area contributed by atoms with E-state index in [1.807, 2.05) is 42.5 Å². The van der Waals surface area contributed by atoms with Crippen molar-refractivity contribution in [1.29, 1.82) is 5.26 Å². The maximum Gasteiger partial charge on any atom is 0.251 e. The number of pyridine rings is 1. The van der Waals surface area contributed by atoms with Gasteiger partial charge in [-0.2, -0.15) is 5.26 Å². The summed E-state index contributed by atoms with van der Waals surface area (Å²) in [5.74, 6) is -0.238. The van der Waals surface area contributed by atoms with Crippen LogP contribution in [0.2, 0.25) is 0 Å². The fourth-order valence-corrected chi connectivity index (χ4v) is 3.62. The van der Waals surface area contributed by atoms with E-state index in [1.165, 1.54) is 6.92 Å². The number of rotatable bonds is 7. The third kappa shape index (κ3) is 5.25. The van der Waals surface area contributed by atoms with Gasteiger partial charge in [-0.05, 0) is 59.5 Å². The van der Waals surface area contributed by atoms with E-state index >= 15 is 0 Å². The van der Waals surface area contributed by atoms with Gasteiger partial charge in [0.25, 0.3) is 5.91 Å². The lowest BCUT2D eigenvalue weighted by Crippen LogP contribution is -2.25. The van der Waals surface area contributed by atoms with Gasteiger partial charge in [-0.3, -0.25) is 14.6 Å². The summed E-state index contributed by atoms with van der Waals surface area (Å²) in [6.07, 6.45) is 4.08. The van der Waals surface area contributed by atoms with Crippen LogP contribution in [0.15, 0.2) is 67.0 Å². The number of nitrogens with one attached hydrogen (secondary N) is 3. The molecule has 33 heavy (non-hydrogen) atoms. The highest BCUT2D eigenvalue weighted by molar-refractivity contribution is 5.94. The van der Waals surface area contributed by atoms with Gasteiger partial charge in [-0.25, -0.2) is 0 Å². The smallest absolute Gasteiger partial charge is 0.251 e. The van der Waals surface area contributed by atoms with E-state index in [-0.39, 0.29) is 11.8 Å². The Bertz CT molecular complexity index is 1350. The molecule has 0 aliphatic heterocycles.